The van der Waals surface area contributed by atoms with E-state index in [1.807, 2.05) is 0 Å². The third-order valence-corrected chi connectivity index (χ3v) is 3.59. The molecule has 1 fully saturated rings. The van der Waals surface area contributed by atoms with Gasteiger partial charge in [-0.25, -0.2) is 0 Å². The molecule has 0 bridgehead atoms. The molecule has 0 aromatic heterocycles. The van der Waals surface area contributed by atoms with E-state index in [1.165, 1.54) is 38.9 Å². The molecule has 0 radical (unpaired) electrons. The highest BCUT2D eigenvalue weighted by Crippen LogP contribution is 2.17. The van der Waals surface area contributed by atoms with E-state index in [1.54, 1.807) is 0 Å². The molecule has 0 aromatic rings. The maximum absolute atomic E-state index is 8.80. The Balaban J connectivity index is 1.72. The number of rotatable bonds is 4. The summed E-state index contributed by atoms with van der Waals surface area (Å²) in [6.07, 6.45) is 6.67. The number of likely N-dealkylation sites (tertiary alicyclic amines) is 1. The predicted octanol–water partition coefficient (Wildman–Crippen LogP) is 0.567. The van der Waals surface area contributed by atoms with E-state index >= 15 is 0 Å². The summed E-state index contributed by atoms with van der Waals surface area (Å²) in [6, 6.07) is 0.703. The fourth-order valence-electron chi connectivity index (χ4n) is 2.61. The van der Waals surface area contributed by atoms with Crippen LogP contribution in [0.25, 0.3) is 0 Å². The molecule has 16 heavy (non-hydrogen) atoms. The van der Waals surface area contributed by atoms with Crippen LogP contribution in [0.3, 0.4) is 0 Å². The van der Waals surface area contributed by atoms with Crippen LogP contribution in [0, 0.1) is 0 Å². The van der Waals surface area contributed by atoms with Crippen LogP contribution in [0.4, 0.5) is 0 Å². The first-order valence-electron chi connectivity index (χ1n) is 6.49. The summed E-state index contributed by atoms with van der Waals surface area (Å²) in [4.78, 5) is 9.25. The van der Waals surface area contributed by atoms with E-state index in [0.29, 0.717) is 12.6 Å². The summed E-state index contributed by atoms with van der Waals surface area (Å²) < 4.78 is 0. The van der Waals surface area contributed by atoms with Crippen molar-refractivity contribution in [1.82, 2.24) is 9.80 Å². The third kappa shape index (κ3) is 3.19. The SMILES string of the molecule is OCCCN1CCC(N2C=NCCC2)CC1. The van der Waals surface area contributed by atoms with Crippen molar-refractivity contribution in [2.45, 2.75) is 31.7 Å². The molecule has 2 heterocycles. The number of piperidine rings is 1. The topological polar surface area (TPSA) is 39.1 Å². The Hall–Kier alpha value is -0.610. The first-order chi connectivity index (χ1) is 7.90. The molecule has 0 spiro atoms. The zero-order chi connectivity index (χ0) is 11.2. The van der Waals surface area contributed by atoms with Crippen LogP contribution < -0.4 is 0 Å². The van der Waals surface area contributed by atoms with Crippen molar-refractivity contribution in [3.05, 3.63) is 0 Å². The smallest absolute Gasteiger partial charge is 0.0852 e. The zero-order valence-electron chi connectivity index (χ0n) is 10.0. The van der Waals surface area contributed by atoms with Gasteiger partial charge in [-0.2, -0.15) is 0 Å². The zero-order valence-corrected chi connectivity index (χ0v) is 10.0. The van der Waals surface area contributed by atoms with Gasteiger partial charge in [0.15, 0.2) is 0 Å². The second-order valence-corrected chi connectivity index (χ2v) is 4.76. The van der Waals surface area contributed by atoms with Crippen LogP contribution in [0.2, 0.25) is 0 Å². The minimum Gasteiger partial charge on any atom is -0.396 e. The maximum atomic E-state index is 8.80. The van der Waals surface area contributed by atoms with E-state index in [-0.39, 0.29) is 0 Å². The summed E-state index contributed by atoms with van der Waals surface area (Å²) in [5.41, 5.74) is 0. The van der Waals surface area contributed by atoms with Crippen molar-refractivity contribution in [3.8, 4) is 0 Å². The lowest BCUT2D eigenvalue weighted by Crippen LogP contribution is -2.46. The summed E-state index contributed by atoms with van der Waals surface area (Å²) in [5.74, 6) is 0. The Morgan fingerprint density at radius 1 is 1.25 bits per heavy atom. The standard InChI is InChI=1S/C12H23N3O/c16-10-2-6-14-8-3-12(4-9-14)15-7-1-5-13-11-15/h11-12,16H,1-10H2. The number of nitrogens with zero attached hydrogens (tertiary/aromatic N) is 3. The second-order valence-electron chi connectivity index (χ2n) is 4.76. The van der Waals surface area contributed by atoms with Crippen molar-refractivity contribution >= 4 is 6.34 Å². The molecular formula is C12H23N3O. The number of hydrogen-bond donors (Lipinski definition) is 1. The van der Waals surface area contributed by atoms with Gasteiger partial charge in [-0.1, -0.05) is 0 Å². The van der Waals surface area contributed by atoms with Crippen LogP contribution in [0.15, 0.2) is 4.99 Å². The molecule has 92 valence electrons. The molecule has 2 rings (SSSR count). The summed E-state index contributed by atoms with van der Waals surface area (Å²) >= 11 is 0. The van der Waals surface area contributed by atoms with Gasteiger partial charge in [-0.05, 0) is 25.7 Å². The predicted molar refractivity (Wildman–Crippen MR) is 65.8 cm³/mol. The van der Waals surface area contributed by atoms with Crippen molar-refractivity contribution in [3.63, 3.8) is 0 Å². The highest BCUT2D eigenvalue weighted by Gasteiger charge is 2.23. The van der Waals surface area contributed by atoms with Gasteiger partial charge in [0, 0.05) is 45.4 Å². The van der Waals surface area contributed by atoms with Gasteiger partial charge >= 0.3 is 0 Å². The van der Waals surface area contributed by atoms with Crippen LogP contribution >= 0.6 is 0 Å². The third-order valence-electron chi connectivity index (χ3n) is 3.59. The highest BCUT2D eigenvalue weighted by molar-refractivity contribution is 5.56. The molecular weight excluding hydrogens is 202 g/mol. The van der Waals surface area contributed by atoms with Gasteiger partial charge in [0.2, 0.25) is 0 Å². The molecule has 0 saturated carbocycles. The van der Waals surface area contributed by atoms with E-state index < -0.39 is 0 Å². The summed E-state index contributed by atoms with van der Waals surface area (Å²) in [7, 11) is 0. The van der Waals surface area contributed by atoms with E-state index in [0.717, 1.165) is 19.5 Å². The Labute approximate surface area is 98.0 Å². The lowest BCUT2D eigenvalue weighted by atomic mass is 10.0. The van der Waals surface area contributed by atoms with Crippen LogP contribution in [0.1, 0.15) is 25.7 Å². The monoisotopic (exact) mass is 225 g/mol. The number of aliphatic hydroxyl groups excluding tert-OH is 1. The number of hydrogen-bond acceptors (Lipinski definition) is 4. The Bertz CT molecular complexity index is 224. The van der Waals surface area contributed by atoms with Gasteiger partial charge in [0.25, 0.3) is 0 Å². The van der Waals surface area contributed by atoms with Crippen molar-refractivity contribution in [2.24, 2.45) is 4.99 Å². The summed E-state index contributed by atoms with van der Waals surface area (Å²) in [5, 5.41) is 8.80. The van der Waals surface area contributed by atoms with Crippen molar-refractivity contribution in [1.29, 1.82) is 0 Å². The van der Waals surface area contributed by atoms with E-state index in [2.05, 4.69) is 21.1 Å². The van der Waals surface area contributed by atoms with Crippen LogP contribution in [-0.2, 0) is 0 Å². The molecule has 1 N–H and O–H groups in total. The van der Waals surface area contributed by atoms with E-state index in [4.69, 9.17) is 5.11 Å². The fourth-order valence-corrected chi connectivity index (χ4v) is 2.61. The molecule has 0 aliphatic carbocycles. The largest absolute Gasteiger partial charge is 0.396 e. The molecule has 2 aliphatic rings. The first kappa shape index (κ1) is 11.9. The molecule has 4 nitrogen and oxygen atoms in total. The van der Waals surface area contributed by atoms with Gasteiger partial charge in [-0.15, -0.1) is 0 Å². The van der Waals surface area contributed by atoms with E-state index in [9.17, 15) is 0 Å². The normalized spacial score (nSPS) is 23.9. The minimum atomic E-state index is 0.318. The average molecular weight is 225 g/mol. The molecule has 2 aliphatic heterocycles. The average Bonchev–Trinajstić information content (AvgIpc) is 2.38. The van der Waals surface area contributed by atoms with Gasteiger partial charge in [0.05, 0.1) is 6.34 Å². The number of aliphatic hydroxyl groups is 1. The quantitative estimate of drug-likeness (QED) is 0.760. The Kier molecular flexibility index (Phi) is 4.60. The molecule has 0 unspecified atom stereocenters. The van der Waals surface area contributed by atoms with Crippen molar-refractivity contribution < 1.29 is 5.11 Å². The van der Waals surface area contributed by atoms with Crippen LogP contribution in [0.5, 0.6) is 0 Å². The minimum absolute atomic E-state index is 0.318. The number of aliphatic imine (C=N–C) groups is 1. The lowest BCUT2D eigenvalue weighted by molar-refractivity contribution is 0.143. The molecule has 1 saturated heterocycles. The molecule has 0 aromatic carbocycles. The lowest BCUT2D eigenvalue weighted by Gasteiger charge is -2.38. The second kappa shape index (κ2) is 6.21. The Morgan fingerprint density at radius 2 is 2.06 bits per heavy atom. The highest BCUT2D eigenvalue weighted by atomic mass is 16.3. The summed E-state index contributed by atoms with van der Waals surface area (Å²) in [6.45, 7) is 5.91. The van der Waals surface area contributed by atoms with Gasteiger partial charge in [0.1, 0.15) is 0 Å². The molecule has 0 amide bonds. The first-order valence-corrected chi connectivity index (χ1v) is 6.49. The van der Waals surface area contributed by atoms with Crippen molar-refractivity contribution in [2.75, 3.05) is 39.3 Å². The molecule has 0 atom stereocenters. The fraction of sp³-hybridized carbons (Fsp3) is 0.917. The maximum Gasteiger partial charge on any atom is 0.0852 e. The Morgan fingerprint density at radius 3 is 2.69 bits per heavy atom. The van der Waals surface area contributed by atoms with Crippen LogP contribution in [-0.4, -0.2) is 66.6 Å². The molecule has 4 heteroatoms. The van der Waals surface area contributed by atoms with Gasteiger partial charge < -0.3 is 14.9 Å². The van der Waals surface area contributed by atoms with Gasteiger partial charge in [-0.3, -0.25) is 4.99 Å².